The molecule has 1 atom stereocenters. The number of benzene rings is 2. The van der Waals surface area contributed by atoms with E-state index in [0.717, 1.165) is 12.8 Å². The SMILES string of the molecule is COC(=O)c1ccc2c(c1)Oc1ccc(OCc3c(-c4c(Cl)cccc4Cl)noc3C3CC3)nc1C(F)(F)C2O. The Kier molecular flexibility index (Phi) is 6.64. The molecule has 0 radical (unpaired) electrons. The van der Waals surface area contributed by atoms with Crippen molar-refractivity contribution in [2.75, 3.05) is 7.11 Å². The molecular weight excluding hydrogens is 569 g/mol. The van der Waals surface area contributed by atoms with Gasteiger partial charge in [-0.3, -0.25) is 0 Å². The molecule has 3 heterocycles. The first-order valence-corrected chi connectivity index (χ1v) is 13.0. The van der Waals surface area contributed by atoms with Gasteiger partial charge in [0.05, 0.1) is 28.3 Å². The van der Waals surface area contributed by atoms with Crippen molar-refractivity contribution in [1.82, 2.24) is 10.1 Å². The quantitative estimate of drug-likeness (QED) is 0.235. The Labute approximate surface area is 236 Å². The maximum atomic E-state index is 15.5. The Hall–Kier alpha value is -3.73. The number of pyridine rings is 1. The van der Waals surface area contributed by atoms with Gasteiger partial charge in [-0.25, -0.2) is 9.78 Å². The number of fused-ring (bicyclic) bond motifs is 2. The van der Waals surface area contributed by atoms with Gasteiger partial charge in [0, 0.05) is 23.1 Å². The second kappa shape index (κ2) is 10.0. The van der Waals surface area contributed by atoms with Crippen LogP contribution in [0, 0.1) is 0 Å². The van der Waals surface area contributed by atoms with Crippen molar-refractivity contribution >= 4 is 29.2 Å². The van der Waals surface area contributed by atoms with Gasteiger partial charge >= 0.3 is 11.9 Å². The first-order chi connectivity index (χ1) is 19.2. The molecule has 6 rings (SSSR count). The highest BCUT2D eigenvalue weighted by molar-refractivity contribution is 6.39. The Balaban J connectivity index is 1.33. The molecule has 0 spiro atoms. The van der Waals surface area contributed by atoms with Crippen molar-refractivity contribution in [3.8, 4) is 28.6 Å². The van der Waals surface area contributed by atoms with E-state index in [1.807, 2.05) is 0 Å². The molecule has 2 aromatic heterocycles. The number of rotatable bonds is 6. The third-order valence-corrected chi connectivity index (χ3v) is 7.40. The lowest BCUT2D eigenvalue weighted by Crippen LogP contribution is -2.24. The number of hydrogen-bond donors (Lipinski definition) is 1. The molecule has 1 unspecified atom stereocenters. The van der Waals surface area contributed by atoms with E-state index in [9.17, 15) is 9.90 Å². The average molecular weight is 589 g/mol. The molecule has 1 aliphatic heterocycles. The number of carbonyl (C=O) groups excluding carboxylic acids is 1. The lowest BCUT2D eigenvalue weighted by atomic mass is 9.99. The summed E-state index contributed by atoms with van der Waals surface area (Å²) in [5.74, 6) is -4.33. The van der Waals surface area contributed by atoms with Crippen LogP contribution in [0.3, 0.4) is 0 Å². The van der Waals surface area contributed by atoms with Crippen molar-refractivity contribution in [3.63, 3.8) is 0 Å². The van der Waals surface area contributed by atoms with Gasteiger partial charge in [-0.2, -0.15) is 8.78 Å². The number of carbonyl (C=O) groups is 1. The standard InChI is InChI=1S/C28H20Cl2F2N2O6/c1-37-27(36)14-7-8-15-20(11-14)39-19-9-10-21(33-25(19)28(31,32)26(15)35)38-12-16-23(34-40-24(16)13-5-6-13)22-17(29)3-2-4-18(22)30/h2-4,7-11,13,26,35H,5-6,12H2,1H3. The number of aliphatic hydroxyl groups is 1. The van der Waals surface area contributed by atoms with E-state index < -0.39 is 23.7 Å². The van der Waals surface area contributed by atoms with Crippen LogP contribution in [0.15, 0.2) is 53.1 Å². The number of aliphatic hydroxyl groups excluding tert-OH is 1. The fraction of sp³-hybridized carbons (Fsp3) is 0.250. The van der Waals surface area contributed by atoms with E-state index >= 15 is 8.78 Å². The molecule has 1 aliphatic carbocycles. The second-order valence-corrected chi connectivity index (χ2v) is 10.2. The van der Waals surface area contributed by atoms with Crippen LogP contribution >= 0.6 is 23.2 Å². The molecule has 40 heavy (non-hydrogen) atoms. The zero-order chi connectivity index (χ0) is 28.2. The summed E-state index contributed by atoms with van der Waals surface area (Å²) in [6.45, 7) is -0.115. The van der Waals surface area contributed by atoms with Gasteiger partial charge in [-0.05, 0) is 43.2 Å². The van der Waals surface area contributed by atoms with Gasteiger partial charge in [0.15, 0.2) is 17.5 Å². The van der Waals surface area contributed by atoms with Gasteiger partial charge < -0.3 is 23.8 Å². The molecule has 1 fully saturated rings. The minimum Gasteiger partial charge on any atom is -0.473 e. The number of ether oxygens (including phenoxy) is 3. The maximum absolute atomic E-state index is 15.5. The topological polar surface area (TPSA) is 104 Å². The second-order valence-electron chi connectivity index (χ2n) is 9.40. The van der Waals surface area contributed by atoms with Crippen LogP contribution in [-0.2, 0) is 17.3 Å². The molecule has 2 aromatic carbocycles. The van der Waals surface area contributed by atoms with Gasteiger partial charge in [-0.15, -0.1) is 0 Å². The Morgan fingerprint density at radius 1 is 1.12 bits per heavy atom. The third-order valence-electron chi connectivity index (χ3n) is 6.77. The van der Waals surface area contributed by atoms with Gasteiger partial charge in [0.1, 0.15) is 23.8 Å². The normalized spacial score (nSPS) is 17.3. The number of nitrogens with zero attached hydrogens (tertiary/aromatic N) is 2. The smallest absolute Gasteiger partial charge is 0.337 e. The highest BCUT2D eigenvalue weighted by Gasteiger charge is 2.49. The Morgan fingerprint density at radius 3 is 2.58 bits per heavy atom. The number of aromatic nitrogens is 2. The Morgan fingerprint density at radius 2 is 1.88 bits per heavy atom. The summed E-state index contributed by atoms with van der Waals surface area (Å²) >= 11 is 12.8. The summed E-state index contributed by atoms with van der Waals surface area (Å²) in [4.78, 5) is 15.9. The fourth-order valence-electron chi connectivity index (χ4n) is 4.56. The molecule has 4 aromatic rings. The monoisotopic (exact) mass is 588 g/mol. The predicted molar refractivity (Wildman–Crippen MR) is 139 cm³/mol. The van der Waals surface area contributed by atoms with Crippen molar-refractivity contribution in [2.45, 2.75) is 37.4 Å². The van der Waals surface area contributed by atoms with E-state index in [-0.39, 0.29) is 41.0 Å². The molecule has 1 saturated carbocycles. The van der Waals surface area contributed by atoms with E-state index in [1.54, 1.807) is 18.2 Å². The predicted octanol–water partition coefficient (Wildman–Crippen LogP) is 7.22. The molecule has 2 aliphatic rings. The summed E-state index contributed by atoms with van der Waals surface area (Å²) in [5.41, 5.74) is 0.492. The molecule has 0 amide bonds. The largest absolute Gasteiger partial charge is 0.473 e. The Bertz CT molecular complexity index is 1620. The zero-order valence-electron chi connectivity index (χ0n) is 20.8. The molecule has 0 saturated heterocycles. The summed E-state index contributed by atoms with van der Waals surface area (Å²) in [6.07, 6.45) is -0.477. The van der Waals surface area contributed by atoms with E-state index in [2.05, 4.69) is 14.9 Å². The van der Waals surface area contributed by atoms with Crippen molar-refractivity contribution in [3.05, 3.63) is 86.7 Å². The van der Waals surface area contributed by atoms with Crippen LogP contribution in [0.25, 0.3) is 11.3 Å². The molecular formula is C28H20Cl2F2N2O6. The first kappa shape index (κ1) is 26.5. The minimum atomic E-state index is -3.85. The average Bonchev–Trinajstić information content (AvgIpc) is 3.72. The van der Waals surface area contributed by atoms with Crippen LogP contribution < -0.4 is 9.47 Å². The number of esters is 1. The molecule has 206 valence electrons. The van der Waals surface area contributed by atoms with Crippen LogP contribution in [0.2, 0.25) is 10.0 Å². The molecule has 0 bridgehead atoms. The van der Waals surface area contributed by atoms with Crippen molar-refractivity contribution in [2.24, 2.45) is 0 Å². The number of halogens is 4. The zero-order valence-corrected chi connectivity index (χ0v) is 22.3. The lowest BCUT2D eigenvalue weighted by molar-refractivity contribution is -0.120. The van der Waals surface area contributed by atoms with Gasteiger partial charge in [-0.1, -0.05) is 40.5 Å². The lowest BCUT2D eigenvalue weighted by Gasteiger charge is -2.21. The van der Waals surface area contributed by atoms with Gasteiger partial charge in [0.2, 0.25) is 5.88 Å². The number of alkyl halides is 2. The van der Waals surface area contributed by atoms with E-state index in [0.29, 0.717) is 32.6 Å². The third kappa shape index (κ3) is 4.55. The summed E-state index contributed by atoms with van der Waals surface area (Å²) < 4.78 is 52.9. The molecule has 8 nitrogen and oxygen atoms in total. The van der Waals surface area contributed by atoms with Crippen LogP contribution in [0.5, 0.6) is 17.4 Å². The summed E-state index contributed by atoms with van der Waals surface area (Å²) in [5, 5.41) is 15.6. The van der Waals surface area contributed by atoms with Gasteiger partial charge in [0.25, 0.3) is 0 Å². The molecule has 12 heteroatoms. The highest BCUT2D eigenvalue weighted by Crippen LogP contribution is 2.51. The number of hydrogen-bond acceptors (Lipinski definition) is 8. The van der Waals surface area contributed by atoms with E-state index in [4.69, 9.17) is 37.2 Å². The molecule has 1 N–H and O–H groups in total. The minimum absolute atomic E-state index is 0.0720. The highest BCUT2D eigenvalue weighted by atomic mass is 35.5. The van der Waals surface area contributed by atoms with Crippen LogP contribution in [0.4, 0.5) is 8.78 Å². The summed E-state index contributed by atoms with van der Waals surface area (Å²) in [7, 11) is 1.19. The van der Waals surface area contributed by atoms with Crippen molar-refractivity contribution in [1.29, 1.82) is 0 Å². The van der Waals surface area contributed by atoms with Crippen LogP contribution in [0.1, 0.15) is 57.8 Å². The van der Waals surface area contributed by atoms with E-state index in [1.165, 1.54) is 37.4 Å². The number of methoxy groups -OCH3 is 1. The maximum Gasteiger partial charge on any atom is 0.337 e. The van der Waals surface area contributed by atoms with Crippen LogP contribution in [-0.4, -0.2) is 28.3 Å². The summed E-state index contributed by atoms with van der Waals surface area (Å²) in [6, 6.07) is 11.4. The van der Waals surface area contributed by atoms with Crippen molar-refractivity contribution < 1.29 is 37.4 Å². The fourth-order valence-corrected chi connectivity index (χ4v) is 5.14. The first-order valence-electron chi connectivity index (χ1n) is 12.2.